The van der Waals surface area contributed by atoms with E-state index in [9.17, 15) is 0 Å². The molecule has 1 aromatic carbocycles. The first-order valence-corrected chi connectivity index (χ1v) is 11.1. The summed E-state index contributed by atoms with van der Waals surface area (Å²) in [6, 6.07) is 8.25. The van der Waals surface area contributed by atoms with Crippen LogP contribution in [-0.4, -0.2) is 88.9 Å². The summed E-state index contributed by atoms with van der Waals surface area (Å²) in [6.07, 6.45) is 1.22. The first-order chi connectivity index (χ1) is 14.5. The van der Waals surface area contributed by atoms with Gasteiger partial charge in [-0.25, -0.2) is 0 Å². The quantitative estimate of drug-likeness (QED) is 0.192. The monoisotopic (exact) mass is 547 g/mol. The number of guanidine groups is 1. The van der Waals surface area contributed by atoms with E-state index in [0.717, 1.165) is 64.1 Å². The van der Waals surface area contributed by atoms with Crippen molar-refractivity contribution in [2.75, 3.05) is 67.1 Å². The number of ether oxygens (including phenoxy) is 2. The van der Waals surface area contributed by atoms with Crippen LogP contribution in [0.5, 0.6) is 5.75 Å². The normalized spacial score (nSPS) is 17.5. The lowest BCUT2D eigenvalue weighted by molar-refractivity contribution is -0.0284. The van der Waals surface area contributed by atoms with E-state index in [4.69, 9.17) is 9.47 Å². The highest BCUT2D eigenvalue weighted by Crippen LogP contribution is 2.12. The number of rotatable bonds is 11. The Balaban J connectivity index is 0.00000480. The molecule has 0 aliphatic carbocycles. The van der Waals surface area contributed by atoms with Gasteiger partial charge in [0.1, 0.15) is 5.75 Å². The lowest BCUT2D eigenvalue weighted by Gasteiger charge is -2.34. The van der Waals surface area contributed by atoms with Gasteiger partial charge in [-0.05, 0) is 44.1 Å². The second kappa shape index (κ2) is 15.7. The summed E-state index contributed by atoms with van der Waals surface area (Å²) in [5.74, 6) is 2.39. The molecule has 0 aromatic heterocycles. The van der Waals surface area contributed by atoms with Crippen molar-refractivity contribution in [3.63, 3.8) is 0 Å². The molecule has 0 bridgehead atoms. The SMILES string of the molecule is CN=C(NCc1ccc(OCCCN(C)C)cc1)NCC1CN(CC(C)C)CCO1.I. The predicted octanol–water partition coefficient (Wildman–Crippen LogP) is 2.66. The summed E-state index contributed by atoms with van der Waals surface area (Å²) in [4.78, 5) is 8.99. The molecule has 1 saturated heterocycles. The molecule has 1 fully saturated rings. The van der Waals surface area contributed by atoms with Gasteiger partial charge in [-0.2, -0.15) is 0 Å². The first-order valence-electron chi connectivity index (χ1n) is 11.1. The lowest BCUT2D eigenvalue weighted by atomic mass is 10.2. The number of morpholine rings is 1. The molecule has 1 atom stereocenters. The molecule has 0 saturated carbocycles. The van der Waals surface area contributed by atoms with Gasteiger partial charge in [0.15, 0.2) is 5.96 Å². The van der Waals surface area contributed by atoms with E-state index >= 15 is 0 Å². The fraction of sp³-hybridized carbons (Fsp3) is 0.696. The maximum atomic E-state index is 5.91. The molecule has 7 nitrogen and oxygen atoms in total. The highest BCUT2D eigenvalue weighted by molar-refractivity contribution is 14.0. The minimum absolute atomic E-state index is 0. The van der Waals surface area contributed by atoms with Crippen LogP contribution in [0, 0.1) is 5.92 Å². The molecule has 1 aromatic rings. The molecule has 8 heteroatoms. The summed E-state index contributed by atoms with van der Waals surface area (Å²) in [5, 5.41) is 6.77. The number of hydrogen-bond donors (Lipinski definition) is 2. The summed E-state index contributed by atoms with van der Waals surface area (Å²) < 4.78 is 11.7. The van der Waals surface area contributed by atoms with Gasteiger partial charge in [-0.3, -0.25) is 9.89 Å². The van der Waals surface area contributed by atoms with E-state index in [2.05, 4.69) is 65.5 Å². The van der Waals surface area contributed by atoms with E-state index in [1.165, 1.54) is 5.56 Å². The van der Waals surface area contributed by atoms with Crippen LogP contribution < -0.4 is 15.4 Å². The highest BCUT2D eigenvalue weighted by Gasteiger charge is 2.21. The summed E-state index contributed by atoms with van der Waals surface area (Å²) in [7, 11) is 5.95. The van der Waals surface area contributed by atoms with Crippen LogP contribution in [0.25, 0.3) is 0 Å². The number of benzene rings is 1. The molecule has 0 radical (unpaired) electrons. The molecule has 1 heterocycles. The molecule has 0 spiro atoms. The summed E-state index contributed by atoms with van der Waals surface area (Å²) in [5.41, 5.74) is 1.19. The number of aliphatic imine (C=N–C) groups is 1. The van der Waals surface area contributed by atoms with Crippen molar-refractivity contribution >= 4 is 29.9 Å². The molecular formula is C23H42IN5O2. The van der Waals surface area contributed by atoms with Gasteiger partial charge in [-0.15, -0.1) is 24.0 Å². The molecule has 178 valence electrons. The van der Waals surface area contributed by atoms with Crippen LogP contribution in [-0.2, 0) is 11.3 Å². The van der Waals surface area contributed by atoms with Crippen molar-refractivity contribution in [2.45, 2.75) is 32.9 Å². The average Bonchev–Trinajstić information content (AvgIpc) is 2.72. The van der Waals surface area contributed by atoms with Crippen molar-refractivity contribution in [1.82, 2.24) is 20.4 Å². The van der Waals surface area contributed by atoms with Crippen LogP contribution >= 0.6 is 24.0 Å². The Labute approximate surface area is 206 Å². The standard InChI is InChI=1S/C23H41N5O2.HI/c1-19(2)17-28-12-14-30-22(18-28)16-26-23(24-3)25-15-20-7-9-21(10-8-20)29-13-6-11-27(4)5;/h7-10,19,22H,6,11-18H2,1-5H3,(H2,24,25,26);1H. The molecule has 2 N–H and O–H groups in total. The van der Waals surface area contributed by atoms with Crippen LogP contribution in [0.15, 0.2) is 29.3 Å². The van der Waals surface area contributed by atoms with Crippen LogP contribution in [0.2, 0.25) is 0 Å². The Morgan fingerprint density at radius 2 is 2.00 bits per heavy atom. The molecule has 0 amide bonds. The van der Waals surface area contributed by atoms with E-state index in [0.29, 0.717) is 12.5 Å². The Morgan fingerprint density at radius 1 is 1.26 bits per heavy atom. The second-order valence-electron chi connectivity index (χ2n) is 8.60. The summed E-state index contributed by atoms with van der Waals surface area (Å²) >= 11 is 0. The van der Waals surface area contributed by atoms with Gasteiger partial charge < -0.3 is 25.0 Å². The van der Waals surface area contributed by atoms with Gasteiger partial charge in [-0.1, -0.05) is 26.0 Å². The first kappa shape index (κ1) is 27.9. The molecule has 1 aliphatic heterocycles. The third-order valence-corrected chi connectivity index (χ3v) is 4.97. The molecular weight excluding hydrogens is 505 g/mol. The maximum absolute atomic E-state index is 5.91. The van der Waals surface area contributed by atoms with E-state index < -0.39 is 0 Å². The third-order valence-electron chi connectivity index (χ3n) is 4.97. The number of hydrogen-bond acceptors (Lipinski definition) is 5. The third kappa shape index (κ3) is 11.9. The number of nitrogens with one attached hydrogen (secondary N) is 2. The highest BCUT2D eigenvalue weighted by atomic mass is 127. The van der Waals surface area contributed by atoms with E-state index in [1.807, 2.05) is 12.1 Å². The minimum Gasteiger partial charge on any atom is -0.494 e. The largest absolute Gasteiger partial charge is 0.494 e. The average molecular weight is 548 g/mol. The number of nitrogens with zero attached hydrogens (tertiary/aromatic N) is 3. The van der Waals surface area contributed by atoms with Crippen LogP contribution in [0.4, 0.5) is 0 Å². The minimum atomic E-state index is 0. The van der Waals surface area contributed by atoms with Gasteiger partial charge in [0.05, 0.1) is 19.3 Å². The Kier molecular flexibility index (Phi) is 14.1. The zero-order chi connectivity index (χ0) is 21.8. The topological polar surface area (TPSA) is 61.4 Å². The molecule has 1 aliphatic rings. The zero-order valence-electron chi connectivity index (χ0n) is 19.9. The van der Waals surface area contributed by atoms with Gasteiger partial charge >= 0.3 is 0 Å². The van der Waals surface area contributed by atoms with Crippen molar-refractivity contribution in [2.24, 2.45) is 10.9 Å². The smallest absolute Gasteiger partial charge is 0.191 e. The zero-order valence-corrected chi connectivity index (χ0v) is 22.2. The van der Waals surface area contributed by atoms with Crippen molar-refractivity contribution in [1.29, 1.82) is 0 Å². The van der Waals surface area contributed by atoms with Gasteiger partial charge in [0.25, 0.3) is 0 Å². The fourth-order valence-corrected chi connectivity index (χ4v) is 3.48. The van der Waals surface area contributed by atoms with Crippen LogP contribution in [0.1, 0.15) is 25.8 Å². The molecule has 31 heavy (non-hydrogen) atoms. The summed E-state index contributed by atoms with van der Waals surface area (Å²) in [6.45, 7) is 11.7. The second-order valence-corrected chi connectivity index (χ2v) is 8.60. The molecule has 2 rings (SSSR count). The Bertz CT molecular complexity index is 625. The van der Waals surface area contributed by atoms with Crippen molar-refractivity contribution in [3.05, 3.63) is 29.8 Å². The Hall–Kier alpha value is -1.10. The lowest BCUT2D eigenvalue weighted by Crippen LogP contribution is -2.50. The fourth-order valence-electron chi connectivity index (χ4n) is 3.48. The predicted molar refractivity (Wildman–Crippen MR) is 140 cm³/mol. The van der Waals surface area contributed by atoms with Crippen LogP contribution in [0.3, 0.4) is 0 Å². The van der Waals surface area contributed by atoms with Gasteiger partial charge in [0.2, 0.25) is 0 Å². The van der Waals surface area contributed by atoms with E-state index in [-0.39, 0.29) is 30.1 Å². The van der Waals surface area contributed by atoms with Gasteiger partial charge in [0, 0.05) is 46.3 Å². The van der Waals surface area contributed by atoms with E-state index in [1.54, 1.807) is 7.05 Å². The van der Waals surface area contributed by atoms with Crippen molar-refractivity contribution < 1.29 is 9.47 Å². The van der Waals surface area contributed by atoms with Crippen molar-refractivity contribution in [3.8, 4) is 5.75 Å². The molecule has 1 unspecified atom stereocenters. The maximum Gasteiger partial charge on any atom is 0.191 e. The number of halogens is 1. The Morgan fingerprint density at radius 3 is 2.65 bits per heavy atom.